The molecule has 1 N–H and O–H groups in total. The largest absolute Gasteiger partial charge is 0.476 e. The van der Waals surface area contributed by atoms with Gasteiger partial charge in [0.25, 0.3) is 0 Å². The first kappa shape index (κ1) is 11.3. The average molecular weight is 232 g/mol. The molecule has 6 nitrogen and oxygen atoms in total. The van der Waals surface area contributed by atoms with Crippen molar-refractivity contribution >= 4 is 11.8 Å². The second-order valence-corrected chi connectivity index (χ2v) is 3.97. The number of aromatic carboxylic acids is 1. The van der Waals surface area contributed by atoms with Gasteiger partial charge in [0.15, 0.2) is 11.5 Å². The fourth-order valence-electron chi connectivity index (χ4n) is 1.85. The number of hydrogen-bond acceptors (Lipinski definition) is 5. The van der Waals surface area contributed by atoms with Crippen LogP contribution >= 0.6 is 0 Å². The second kappa shape index (κ2) is 4.78. The van der Waals surface area contributed by atoms with Gasteiger partial charge in [0.05, 0.1) is 6.07 Å². The molecule has 17 heavy (non-hydrogen) atoms. The van der Waals surface area contributed by atoms with Crippen molar-refractivity contribution in [1.82, 2.24) is 10.2 Å². The topological polar surface area (TPSA) is 90.1 Å². The highest BCUT2D eigenvalue weighted by Crippen LogP contribution is 2.20. The molecule has 0 bridgehead atoms. The number of anilines is 1. The van der Waals surface area contributed by atoms with Gasteiger partial charge < -0.3 is 10.0 Å². The first-order valence-corrected chi connectivity index (χ1v) is 5.42. The number of piperidine rings is 1. The van der Waals surface area contributed by atoms with E-state index in [1.165, 1.54) is 6.07 Å². The number of aromatic nitrogens is 2. The third kappa shape index (κ3) is 2.50. The van der Waals surface area contributed by atoms with Gasteiger partial charge in [0.2, 0.25) is 0 Å². The van der Waals surface area contributed by atoms with Crippen LogP contribution in [-0.4, -0.2) is 34.4 Å². The van der Waals surface area contributed by atoms with Crippen molar-refractivity contribution in [3.63, 3.8) is 0 Å². The zero-order chi connectivity index (χ0) is 12.3. The highest BCUT2D eigenvalue weighted by atomic mass is 16.4. The molecule has 1 aliphatic heterocycles. The Hall–Kier alpha value is -2.16. The van der Waals surface area contributed by atoms with Crippen LogP contribution in [0.1, 0.15) is 23.3 Å². The van der Waals surface area contributed by atoms with Crippen LogP contribution in [0.25, 0.3) is 0 Å². The SMILES string of the molecule is N#CC1CCN(c2ccc(C(=O)O)nn2)CC1. The van der Waals surface area contributed by atoms with Crippen LogP contribution in [0.4, 0.5) is 5.82 Å². The first-order chi connectivity index (χ1) is 8.20. The second-order valence-electron chi connectivity index (χ2n) is 3.97. The number of carbonyl (C=O) groups is 1. The van der Waals surface area contributed by atoms with Crippen molar-refractivity contribution in [2.24, 2.45) is 5.92 Å². The fourth-order valence-corrected chi connectivity index (χ4v) is 1.85. The molecule has 0 radical (unpaired) electrons. The molecular weight excluding hydrogens is 220 g/mol. The first-order valence-electron chi connectivity index (χ1n) is 5.42. The van der Waals surface area contributed by atoms with Gasteiger partial charge in [-0.2, -0.15) is 5.26 Å². The summed E-state index contributed by atoms with van der Waals surface area (Å²) in [7, 11) is 0. The number of nitrogens with zero attached hydrogens (tertiary/aromatic N) is 4. The molecule has 6 heteroatoms. The van der Waals surface area contributed by atoms with Crippen LogP contribution in [0.5, 0.6) is 0 Å². The minimum Gasteiger partial charge on any atom is -0.476 e. The molecule has 1 aromatic rings. The molecule has 0 amide bonds. The van der Waals surface area contributed by atoms with Gasteiger partial charge in [0.1, 0.15) is 0 Å². The minimum absolute atomic E-state index is 0.0549. The summed E-state index contributed by atoms with van der Waals surface area (Å²) >= 11 is 0. The Balaban J connectivity index is 2.04. The fraction of sp³-hybridized carbons (Fsp3) is 0.455. The summed E-state index contributed by atoms with van der Waals surface area (Å²) in [5.74, 6) is -0.281. The summed E-state index contributed by atoms with van der Waals surface area (Å²) in [6.45, 7) is 1.53. The Morgan fingerprint density at radius 2 is 2.12 bits per heavy atom. The molecular formula is C11H12N4O2. The van der Waals surface area contributed by atoms with E-state index in [4.69, 9.17) is 10.4 Å². The van der Waals surface area contributed by atoms with Gasteiger partial charge in [-0.3, -0.25) is 0 Å². The van der Waals surface area contributed by atoms with Crippen molar-refractivity contribution in [1.29, 1.82) is 5.26 Å². The predicted octanol–water partition coefficient (Wildman–Crippen LogP) is 0.915. The van der Waals surface area contributed by atoms with Crippen LogP contribution in [0.3, 0.4) is 0 Å². The lowest BCUT2D eigenvalue weighted by Gasteiger charge is -2.29. The molecule has 0 aromatic carbocycles. The molecule has 0 atom stereocenters. The van der Waals surface area contributed by atoms with Gasteiger partial charge in [0, 0.05) is 19.0 Å². The average Bonchev–Trinajstić information content (AvgIpc) is 2.39. The highest BCUT2D eigenvalue weighted by Gasteiger charge is 2.20. The zero-order valence-electron chi connectivity index (χ0n) is 9.20. The van der Waals surface area contributed by atoms with E-state index in [2.05, 4.69) is 16.3 Å². The normalized spacial score (nSPS) is 16.5. The summed E-state index contributed by atoms with van der Waals surface area (Å²) in [6.07, 6.45) is 1.64. The van der Waals surface area contributed by atoms with Crippen LogP contribution in [0.2, 0.25) is 0 Å². The quantitative estimate of drug-likeness (QED) is 0.815. The van der Waals surface area contributed by atoms with E-state index in [0.29, 0.717) is 5.82 Å². The predicted molar refractivity (Wildman–Crippen MR) is 59.5 cm³/mol. The molecule has 0 unspecified atom stereocenters. The van der Waals surface area contributed by atoms with Crippen LogP contribution in [-0.2, 0) is 0 Å². The summed E-state index contributed by atoms with van der Waals surface area (Å²) in [6, 6.07) is 5.36. The maximum absolute atomic E-state index is 10.6. The standard InChI is InChI=1S/C11H12N4O2/c12-7-8-3-5-15(6-4-8)10-2-1-9(11(16)17)13-14-10/h1-2,8H,3-6H2,(H,16,17). The number of nitriles is 1. The molecule has 1 saturated heterocycles. The molecule has 0 aliphatic carbocycles. The number of hydrogen-bond donors (Lipinski definition) is 1. The third-order valence-corrected chi connectivity index (χ3v) is 2.87. The van der Waals surface area contributed by atoms with E-state index in [0.717, 1.165) is 25.9 Å². The number of rotatable bonds is 2. The lowest BCUT2D eigenvalue weighted by atomic mass is 9.99. The smallest absolute Gasteiger partial charge is 0.356 e. The lowest BCUT2D eigenvalue weighted by molar-refractivity contribution is 0.0689. The molecule has 1 aliphatic rings. The van der Waals surface area contributed by atoms with Crippen LogP contribution in [0.15, 0.2) is 12.1 Å². The molecule has 88 valence electrons. The maximum atomic E-state index is 10.6. The Morgan fingerprint density at radius 3 is 2.59 bits per heavy atom. The van der Waals surface area contributed by atoms with E-state index < -0.39 is 5.97 Å². The van der Waals surface area contributed by atoms with E-state index in [1.54, 1.807) is 6.07 Å². The van der Waals surface area contributed by atoms with E-state index in [9.17, 15) is 4.79 Å². The summed E-state index contributed by atoms with van der Waals surface area (Å²) in [5, 5.41) is 25.0. The molecule has 2 heterocycles. The molecule has 1 aromatic heterocycles. The summed E-state index contributed by atoms with van der Waals surface area (Å²) < 4.78 is 0. The summed E-state index contributed by atoms with van der Waals surface area (Å²) in [5.41, 5.74) is -0.0549. The van der Waals surface area contributed by atoms with Crippen molar-refractivity contribution in [2.45, 2.75) is 12.8 Å². The van der Waals surface area contributed by atoms with Gasteiger partial charge in [-0.15, -0.1) is 10.2 Å². The Labute approximate surface area is 98.5 Å². The van der Waals surface area contributed by atoms with Crippen molar-refractivity contribution in [2.75, 3.05) is 18.0 Å². The highest BCUT2D eigenvalue weighted by molar-refractivity contribution is 5.85. The number of carboxylic acids is 1. The monoisotopic (exact) mass is 232 g/mol. The van der Waals surface area contributed by atoms with Crippen LogP contribution in [0, 0.1) is 17.2 Å². The molecule has 2 rings (SSSR count). The van der Waals surface area contributed by atoms with E-state index >= 15 is 0 Å². The summed E-state index contributed by atoms with van der Waals surface area (Å²) in [4.78, 5) is 12.6. The lowest BCUT2D eigenvalue weighted by Crippen LogP contribution is -2.34. The molecule has 1 fully saturated rings. The van der Waals surface area contributed by atoms with Crippen molar-refractivity contribution in [3.05, 3.63) is 17.8 Å². The van der Waals surface area contributed by atoms with Crippen molar-refractivity contribution in [3.8, 4) is 6.07 Å². The minimum atomic E-state index is -1.08. The van der Waals surface area contributed by atoms with Crippen molar-refractivity contribution < 1.29 is 9.90 Å². The Kier molecular flexibility index (Phi) is 3.19. The molecule has 0 spiro atoms. The Morgan fingerprint density at radius 1 is 1.41 bits per heavy atom. The van der Waals surface area contributed by atoms with Gasteiger partial charge in [-0.05, 0) is 25.0 Å². The Bertz CT molecular complexity index is 444. The molecule has 0 saturated carbocycles. The van der Waals surface area contributed by atoms with Crippen LogP contribution < -0.4 is 4.90 Å². The van der Waals surface area contributed by atoms with E-state index in [1.807, 2.05) is 4.90 Å². The zero-order valence-corrected chi connectivity index (χ0v) is 9.20. The maximum Gasteiger partial charge on any atom is 0.356 e. The van der Waals surface area contributed by atoms with Gasteiger partial charge in [-0.25, -0.2) is 4.79 Å². The van der Waals surface area contributed by atoms with Gasteiger partial charge in [-0.1, -0.05) is 0 Å². The van der Waals surface area contributed by atoms with E-state index in [-0.39, 0.29) is 11.6 Å². The van der Waals surface area contributed by atoms with Gasteiger partial charge >= 0.3 is 5.97 Å². The number of carboxylic acid groups (broad SMARTS) is 1. The third-order valence-electron chi connectivity index (χ3n) is 2.87.